The number of hydrogen-bond acceptors (Lipinski definition) is 8. The molecule has 0 saturated carbocycles. The SMILES string of the molecule is CCOC(=O)C1=C(CN2CC(F)(F)C(C)(C)[C@H]2CCC(=O)O)NC(c2nccs2)=N[C@H]1c1ccc(F)cc1Cl. The van der Waals surface area contributed by atoms with Gasteiger partial charge in [-0.1, -0.05) is 31.5 Å². The molecular formula is C26H28ClF3N4O4S. The van der Waals surface area contributed by atoms with Crippen LogP contribution in [0.5, 0.6) is 0 Å². The maximum atomic E-state index is 15.2. The predicted molar refractivity (Wildman–Crippen MR) is 141 cm³/mol. The second-order valence-electron chi connectivity index (χ2n) is 9.90. The number of nitrogens with one attached hydrogen (secondary N) is 1. The number of hydrogen-bond donors (Lipinski definition) is 2. The number of carbonyl (C=O) groups excluding carboxylic acids is 1. The number of alkyl halides is 2. The first kappa shape index (κ1) is 29.0. The van der Waals surface area contributed by atoms with E-state index in [1.54, 1.807) is 18.5 Å². The zero-order valence-electron chi connectivity index (χ0n) is 21.5. The van der Waals surface area contributed by atoms with E-state index in [-0.39, 0.29) is 48.1 Å². The van der Waals surface area contributed by atoms with E-state index in [0.717, 1.165) is 6.07 Å². The van der Waals surface area contributed by atoms with Crippen molar-refractivity contribution in [2.45, 2.75) is 51.6 Å². The molecule has 2 N–H and O–H groups in total. The summed E-state index contributed by atoms with van der Waals surface area (Å²) in [7, 11) is 0. The number of esters is 1. The molecule has 1 saturated heterocycles. The normalized spacial score (nSPS) is 22.4. The highest BCUT2D eigenvalue weighted by molar-refractivity contribution is 7.11. The van der Waals surface area contributed by atoms with Gasteiger partial charge in [-0.2, -0.15) is 0 Å². The molecule has 1 aromatic heterocycles. The zero-order chi connectivity index (χ0) is 28.5. The van der Waals surface area contributed by atoms with Gasteiger partial charge in [0.15, 0.2) is 10.8 Å². The third kappa shape index (κ3) is 5.82. The van der Waals surface area contributed by atoms with Crippen molar-refractivity contribution in [1.82, 2.24) is 15.2 Å². The fourth-order valence-electron chi connectivity index (χ4n) is 5.01. The molecule has 210 valence electrons. The van der Waals surface area contributed by atoms with E-state index in [0.29, 0.717) is 10.6 Å². The molecule has 2 atom stereocenters. The lowest BCUT2D eigenvalue weighted by Crippen LogP contribution is -2.44. The number of amidine groups is 1. The molecule has 2 aliphatic heterocycles. The summed E-state index contributed by atoms with van der Waals surface area (Å²) in [6, 6.07) is 1.86. The number of carbonyl (C=O) groups is 2. The number of aliphatic imine (C=N–C) groups is 1. The van der Waals surface area contributed by atoms with Gasteiger partial charge in [0.25, 0.3) is 5.92 Å². The van der Waals surface area contributed by atoms with Crippen molar-refractivity contribution in [1.29, 1.82) is 0 Å². The maximum absolute atomic E-state index is 15.2. The number of likely N-dealkylation sites (tertiary alicyclic amines) is 1. The number of benzene rings is 1. The lowest BCUT2D eigenvalue weighted by atomic mass is 9.79. The number of nitrogens with zero attached hydrogens (tertiary/aromatic N) is 3. The second-order valence-corrected chi connectivity index (χ2v) is 11.2. The van der Waals surface area contributed by atoms with E-state index in [1.807, 2.05) is 0 Å². The van der Waals surface area contributed by atoms with Crippen LogP contribution < -0.4 is 5.32 Å². The number of carboxylic acids is 1. The minimum atomic E-state index is -3.12. The van der Waals surface area contributed by atoms with Gasteiger partial charge in [0.2, 0.25) is 0 Å². The summed E-state index contributed by atoms with van der Waals surface area (Å²) in [5, 5.41) is 14.6. The highest BCUT2D eigenvalue weighted by Gasteiger charge is 2.60. The van der Waals surface area contributed by atoms with Gasteiger partial charge in [0.1, 0.15) is 11.9 Å². The third-order valence-corrected chi connectivity index (χ3v) is 8.23. The van der Waals surface area contributed by atoms with Crippen molar-refractivity contribution in [3.8, 4) is 0 Å². The first-order valence-corrected chi connectivity index (χ1v) is 13.5. The van der Waals surface area contributed by atoms with Crippen molar-refractivity contribution < 1.29 is 32.6 Å². The van der Waals surface area contributed by atoms with Crippen molar-refractivity contribution in [2.24, 2.45) is 10.4 Å². The van der Waals surface area contributed by atoms with Crippen molar-refractivity contribution in [3.05, 3.63) is 62.5 Å². The number of halogens is 4. The van der Waals surface area contributed by atoms with Crippen LogP contribution in [0.4, 0.5) is 13.2 Å². The largest absolute Gasteiger partial charge is 0.481 e. The first-order valence-electron chi connectivity index (χ1n) is 12.3. The highest BCUT2D eigenvalue weighted by Crippen LogP contribution is 2.49. The number of aromatic nitrogens is 1. The fraction of sp³-hybridized carbons (Fsp3) is 0.462. The Labute approximate surface area is 232 Å². The molecule has 39 heavy (non-hydrogen) atoms. The van der Waals surface area contributed by atoms with Gasteiger partial charge in [-0.15, -0.1) is 11.3 Å². The van der Waals surface area contributed by atoms with Gasteiger partial charge in [-0.05, 0) is 25.5 Å². The van der Waals surface area contributed by atoms with E-state index in [9.17, 15) is 19.1 Å². The Morgan fingerprint density at radius 3 is 2.69 bits per heavy atom. The molecule has 0 bridgehead atoms. The number of thiazole rings is 1. The van der Waals surface area contributed by atoms with Crippen LogP contribution >= 0.6 is 22.9 Å². The molecule has 0 amide bonds. The Kier molecular flexibility index (Phi) is 8.38. The quantitative estimate of drug-likeness (QED) is 0.397. The summed E-state index contributed by atoms with van der Waals surface area (Å²) < 4.78 is 49.6. The summed E-state index contributed by atoms with van der Waals surface area (Å²) in [6.45, 7) is 3.70. The van der Waals surface area contributed by atoms with Crippen LogP contribution in [-0.4, -0.2) is 64.4 Å². The van der Waals surface area contributed by atoms with Gasteiger partial charge in [-0.25, -0.2) is 22.9 Å². The van der Waals surface area contributed by atoms with Gasteiger partial charge >= 0.3 is 11.9 Å². The van der Waals surface area contributed by atoms with Crippen LogP contribution in [-0.2, 0) is 14.3 Å². The van der Waals surface area contributed by atoms with Gasteiger partial charge in [-0.3, -0.25) is 14.7 Å². The van der Waals surface area contributed by atoms with Crippen molar-refractivity contribution in [3.63, 3.8) is 0 Å². The Morgan fingerprint density at radius 1 is 1.33 bits per heavy atom. The first-order chi connectivity index (χ1) is 18.4. The van der Waals surface area contributed by atoms with E-state index < -0.39 is 47.7 Å². The standard InChI is InChI=1S/C26H28ClF3N4O4S/c1-4-38-24(37)20-17(12-34-13-26(29,30)25(2,3)18(34)7-8-19(35)36)32-22(23-31-9-10-39-23)33-21(20)15-6-5-14(28)11-16(15)27/h5-6,9-11,18,21H,4,7-8,12-13H2,1-3H3,(H,32,33)(H,35,36)/t18-,21+/m1/s1. The van der Waals surface area contributed by atoms with Gasteiger partial charge in [0.05, 0.1) is 18.7 Å². The number of ether oxygens (including phenoxy) is 1. The smallest absolute Gasteiger partial charge is 0.338 e. The van der Waals surface area contributed by atoms with Crippen molar-refractivity contribution in [2.75, 3.05) is 19.7 Å². The van der Waals surface area contributed by atoms with E-state index >= 15 is 8.78 Å². The average molecular weight is 585 g/mol. The minimum absolute atomic E-state index is 0.0133. The zero-order valence-corrected chi connectivity index (χ0v) is 23.1. The highest BCUT2D eigenvalue weighted by atomic mass is 35.5. The van der Waals surface area contributed by atoms with Gasteiger partial charge < -0.3 is 15.2 Å². The van der Waals surface area contributed by atoms with Crippen LogP contribution in [0.3, 0.4) is 0 Å². The Morgan fingerprint density at radius 2 is 2.08 bits per heavy atom. The number of aliphatic carboxylic acids is 1. The molecule has 0 unspecified atom stereocenters. The summed E-state index contributed by atoms with van der Waals surface area (Å²) in [5.74, 6) is -5.24. The molecule has 13 heteroatoms. The maximum Gasteiger partial charge on any atom is 0.338 e. The third-order valence-electron chi connectivity index (χ3n) is 7.12. The monoisotopic (exact) mass is 584 g/mol. The second kappa shape index (κ2) is 11.3. The summed E-state index contributed by atoms with van der Waals surface area (Å²) in [5.41, 5.74) is -0.930. The van der Waals surface area contributed by atoms with E-state index in [4.69, 9.17) is 16.3 Å². The van der Waals surface area contributed by atoms with Crippen LogP contribution in [0.15, 0.2) is 46.0 Å². The van der Waals surface area contributed by atoms with Crippen LogP contribution in [0.25, 0.3) is 0 Å². The summed E-state index contributed by atoms with van der Waals surface area (Å²) >= 11 is 7.66. The Bertz CT molecular complexity index is 1320. The molecule has 0 radical (unpaired) electrons. The lowest BCUT2D eigenvalue weighted by Gasteiger charge is -2.35. The molecular weight excluding hydrogens is 557 g/mol. The predicted octanol–water partition coefficient (Wildman–Crippen LogP) is 5.05. The molecule has 2 aliphatic rings. The Balaban J connectivity index is 1.84. The van der Waals surface area contributed by atoms with Crippen LogP contribution in [0.2, 0.25) is 5.02 Å². The molecule has 3 heterocycles. The minimum Gasteiger partial charge on any atom is -0.481 e. The molecule has 8 nitrogen and oxygen atoms in total. The van der Waals surface area contributed by atoms with E-state index in [1.165, 1.54) is 42.2 Å². The number of rotatable bonds is 9. The molecule has 1 aromatic carbocycles. The molecule has 4 rings (SSSR count). The van der Waals surface area contributed by atoms with E-state index in [2.05, 4.69) is 15.3 Å². The fourth-order valence-corrected chi connectivity index (χ4v) is 5.87. The average Bonchev–Trinajstić information content (AvgIpc) is 3.43. The topological polar surface area (TPSA) is 104 Å². The summed E-state index contributed by atoms with van der Waals surface area (Å²) in [6.07, 6.45) is 1.26. The molecule has 1 fully saturated rings. The number of carboxylic acid groups (broad SMARTS) is 1. The molecule has 0 spiro atoms. The Hall–Kier alpha value is -2.96. The summed E-state index contributed by atoms with van der Waals surface area (Å²) in [4.78, 5) is 35.1. The lowest BCUT2D eigenvalue weighted by molar-refractivity contribution is -0.139. The molecule has 2 aromatic rings. The van der Waals surface area contributed by atoms with Crippen LogP contribution in [0.1, 0.15) is 50.2 Å². The van der Waals surface area contributed by atoms with Crippen molar-refractivity contribution >= 4 is 40.7 Å². The van der Waals surface area contributed by atoms with Gasteiger partial charge in [0, 0.05) is 52.3 Å². The van der Waals surface area contributed by atoms with Crippen LogP contribution in [0, 0.1) is 11.2 Å². The molecule has 0 aliphatic carbocycles.